The highest BCUT2D eigenvalue weighted by Crippen LogP contribution is 2.28. The van der Waals surface area contributed by atoms with E-state index in [1.807, 2.05) is 6.08 Å². The molecule has 13 heavy (non-hydrogen) atoms. The fourth-order valence-electron chi connectivity index (χ4n) is 1.91. The van der Waals surface area contributed by atoms with Crippen molar-refractivity contribution in [3.8, 4) is 11.8 Å². The maximum atomic E-state index is 3.69. The first-order valence-electron chi connectivity index (χ1n) is 5.44. The molecule has 0 saturated heterocycles. The monoisotopic (exact) mass is 176 g/mol. The topological polar surface area (TPSA) is 0 Å². The van der Waals surface area contributed by atoms with Crippen LogP contribution in [0.25, 0.3) is 0 Å². The van der Waals surface area contributed by atoms with E-state index in [-0.39, 0.29) is 0 Å². The lowest BCUT2D eigenvalue weighted by molar-refractivity contribution is 0.316. The first-order valence-corrected chi connectivity index (χ1v) is 5.44. The highest BCUT2D eigenvalue weighted by atomic mass is 14.2. The smallest absolute Gasteiger partial charge is 0.0228 e. The van der Waals surface area contributed by atoms with Crippen molar-refractivity contribution in [2.75, 3.05) is 0 Å². The standard InChI is InChI=1S/C13H20/c1-3-4-5-6-10-13-11-8-7-9-12(13)2/h3,12-13H,1,4-5,7-9,11H2,2H3/t12-,13-/m0/s1. The average molecular weight is 176 g/mol. The van der Waals surface area contributed by atoms with E-state index >= 15 is 0 Å². The lowest BCUT2D eigenvalue weighted by atomic mass is 9.81. The molecule has 0 bridgehead atoms. The zero-order valence-electron chi connectivity index (χ0n) is 8.68. The van der Waals surface area contributed by atoms with Gasteiger partial charge in [0.1, 0.15) is 0 Å². The highest BCUT2D eigenvalue weighted by Gasteiger charge is 2.18. The van der Waals surface area contributed by atoms with E-state index in [0.717, 1.165) is 18.8 Å². The molecule has 0 heterocycles. The number of rotatable bonds is 2. The molecule has 0 amide bonds. The Morgan fingerprint density at radius 3 is 2.85 bits per heavy atom. The van der Waals surface area contributed by atoms with Crippen LogP contribution in [0.15, 0.2) is 12.7 Å². The molecule has 2 atom stereocenters. The molecule has 0 nitrogen and oxygen atoms in total. The number of hydrogen-bond acceptors (Lipinski definition) is 0. The number of allylic oxidation sites excluding steroid dienone is 1. The molecule has 0 aromatic carbocycles. The second-order valence-corrected chi connectivity index (χ2v) is 4.02. The van der Waals surface area contributed by atoms with Crippen molar-refractivity contribution in [1.29, 1.82) is 0 Å². The number of hydrogen-bond donors (Lipinski definition) is 0. The quantitative estimate of drug-likeness (QED) is 0.341. The Balaban J connectivity index is 2.31. The predicted octanol–water partition coefficient (Wildman–Crippen LogP) is 3.78. The Labute approximate surface area is 82.4 Å². The van der Waals surface area contributed by atoms with Crippen LogP contribution in [-0.4, -0.2) is 0 Å². The Bertz CT molecular complexity index is 204. The lowest BCUT2D eigenvalue weighted by Crippen LogP contribution is -2.14. The van der Waals surface area contributed by atoms with Crippen LogP contribution >= 0.6 is 0 Å². The molecule has 0 aromatic rings. The molecule has 72 valence electrons. The molecular weight excluding hydrogens is 156 g/mol. The van der Waals surface area contributed by atoms with Gasteiger partial charge in [0.15, 0.2) is 0 Å². The summed E-state index contributed by atoms with van der Waals surface area (Å²) in [6.07, 6.45) is 9.46. The van der Waals surface area contributed by atoms with Crippen LogP contribution in [0.2, 0.25) is 0 Å². The molecule has 1 fully saturated rings. The van der Waals surface area contributed by atoms with E-state index in [2.05, 4.69) is 25.3 Å². The van der Waals surface area contributed by atoms with Gasteiger partial charge in [0.2, 0.25) is 0 Å². The third kappa shape index (κ3) is 3.68. The predicted molar refractivity (Wildman–Crippen MR) is 58.3 cm³/mol. The summed E-state index contributed by atoms with van der Waals surface area (Å²) in [6.45, 7) is 6.03. The zero-order chi connectivity index (χ0) is 9.52. The van der Waals surface area contributed by atoms with E-state index < -0.39 is 0 Å². The van der Waals surface area contributed by atoms with E-state index in [0.29, 0.717) is 5.92 Å². The van der Waals surface area contributed by atoms with Crippen molar-refractivity contribution in [3.63, 3.8) is 0 Å². The van der Waals surface area contributed by atoms with Crippen LogP contribution in [-0.2, 0) is 0 Å². The molecule has 0 spiro atoms. The van der Waals surface area contributed by atoms with Gasteiger partial charge in [-0.15, -0.1) is 12.5 Å². The van der Waals surface area contributed by atoms with Crippen molar-refractivity contribution in [3.05, 3.63) is 12.7 Å². The van der Waals surface area contributed by atoms with Crippen molar-refractivity contribution < 1.29 is 0 Å². The molecule has 0 aromatic heterocycles. The average Bonchev–Trinajstić information content (AvgIpc) is 2.15. The van der Waals surface area contributed by atoms with Crippen LogP contribution in [0.1, 0.15) is 45.4 Å². The minimum absolute atomic E-state index is 0.679. The van der Waals surface area contributed by atoms with Crippen LogP contribution in [0.4, 0.5) is 0 Å². The molecule has 0 heteroatoms. The molecule has 1 rings (SSSR count). The largest absolute Gasteiger partial charge is 0.103 e. The Morgan fingerprint density at radius 2 is 2.15 bits per heavy atom. The molecule has 0 radical (unpaired) electrons. The van der Waals surface area contributed by atoms with Gasteiger partial charge in [-0.1, -0.05) is 31.8 Å². The molecule has 0 unspecified atom stereocenters. The van der Waals surface area contributed by atoms with Gasteiger partial charge in [-0.25, -0.2) is 0 Å². The summed E-state index contributed by atoms with van der Waals surface area (Å²) in [7, 11) is 0. The van der Waals surface area contributed by atoms with Crippen LogP contribution in [0.3, 0.4) is 0 Å². The third-order valence-corrected chi connectivity index (χ3v) is 2.87. The summed E-state index contributed by atoms with van der Waals surface area (Å²) in [4.78, 5) is 0. The number of unbranched alkanes of at least 4 members (excludes halogenated alkanes) is 1. The lowest BCUT2D eigenvalue weighted by Gasteiger charge is -2.24. The summed E-state index contributed by atoms with van der Waals surface area (Å²) in [5.74, 6) is 8.18. The first-order chi connectivity index (χ1) is 6.34. The Hall–Kier alpha value is -0.700. The van der Waals surface area contributed by atoms with Crippen LogP contribution < -0.4 is 0 Å². The van der Waals surface area contributed by atoms with E-state index in [1.165, 1.54) is 25.7 Å². The summed E-state index contributed by atoms with van der Waals surface area (Å²) < 4.78 is 0. The first kappa shape index (κ1) is 10.4. The molecule has 1 aliphatic carbocycles. The molecule has 1 saturated carbocycles. The van der Waals surface area contributed by atoms with E-state index in [1.54, 1.807) is 0 Å². The van der Waals surface area contributed by atoms with Gasteiger partial charge in [-0.3, -0.25) is 0 Å². The van der Waals surface area contributed by atoms with Crippen LogP contribution in [0, 0.1) is 23.7 Å². The van der Waals surface area contributed by atoms with E-state index in [4.69, 9.17) is 0 Å². The summed E-state index contributed by atoms with van der Waals surface area (Å²) in [6, 6.07) is 0. The normalized spacial score (nSPS) is 27.5. The fourth-order valence-corrected chi connectivity index (χ4v) is 1.91. The Kier molecular flexibility index (Phi) is 4.68. The summed E-state index contributed by atoms with van der Waals surface area (Å²) in [5, 5.41) is 0. The van der Waals surface area contributed by atoms with Gasteiger partial charge in [0.05, 0.1) is 0 Å². The van der Waals surface area contributed by atoms with Crippen molar-refractivity contribution >= 4 is 0 Å². The van der Waals surface area contributed by atoms with Crippen molar-refractivity contribution in [1.82, 2.24) is 0 Å². The van der Waals surface area contributed by atoms with E-state index in [9.17, 15) is 0 Å². The molecular formula is C13H20. The Morgan fingerprint density at radius 1 is 1.38 bits per heavy atom. The summed E-state index contributed by atoms with van der Waals surface area (Å²) in [5.41, 5.74) is 0. The maximum absolute atomic E-state index is 3.69. The van der Waals surface area contributed by atoms with Gasteiger partial charge in [0.25, 0.3) is 0 Å². The van der Waals surface area contributed by atoms with Gasteiger partial charge >= 0.3 is 0 Å². The van der Waals surface area contributed by atoms with Gasteiger partial charge in [-0.05, 0) is 25.2 Å². The third-order valence-electron chi connectivity index (χ3n) is 2.87. The van der Waals surface area contributed by atoms with Gasteiger partial charge in [0, 0.05) is 12.3 Å². The molecule has 0 N–H and O–H groups in total. The fraction of sp³-hybridized carbons (Fsp3) is 0.692. The van der Waals surface area contributed by atoms with Gasteiger partial charge in [-0.2, -0.15) is 0 Å². The van der Waals surface area contributed by atoms with Gasteiger partial charge < -0.3 is 0 Å². The minimum atomic E-state index is 0.679. The van der Waals surface area contributed by atoms with Crippen molar-refractivity contribution in [2.45, 2.75) is 45.4 Å². The zero-order valence-corrected chi connectivity index (χ0v) is 8.68. The SMILES string of the molecule is C=CCCC#C[C@H]1CCCC[C@@H]1C. The second-order valence-electron chi connectivity index (χ2n) is 4.02. The second kappa shape index (κ2) is 5.86. The summed E-state index contributed by atoms with van der Waals surface area (Å²) >= 11 is 0. The molecule has 0 aliphatic heterocycles. The highest BCUT2D eigenvalue weighted by molar-refractivity contribution is 5.06. The molecule has 1 aliphatic rings. The van der Waals surface area contributed by atoms with Crippen LogP contribution in [0.5, 0.6) is 0 Å². The minimum Gasteiger partial charge on any atom is -0.103 e. The maximum Gasteiger partial charge on any atom is 0.0228 e. The van der Waals surface area contributed by atoms with Crippen molar-refractivity contribution in [2.24, 2.45) is 11.8 Å².